The molecule has 0 amide bonds. The van der Waals surface area contributed by atoms with Crippen LogP contribution in [0.3, 0.4) is 0 Å². The van der Waals surface area contributed by atoms with Crippen molar-refractivity contribution < 1.29 is 23.9 Å². The van der Waals surface area contributed by atoms with Crippen molar-refractivity contribution in [2.45, 2.75) is 23.1 Å². The molecule has 9 nitrogen and oxygen atoms in total. The number of benzene rings is 3. The van der Waals surface area contributed by atoms with Gasteiger partial charge in [-0.05, 0) is 61.9 Å². The summed E-state index contributed by atoms with van der Waals surface area (Å²) in [5.41, 5.74) is 1.78. The summed E-state index contributed by atoms with van der Waals surface area (Å²) in [5, 5.41) is 11.8. The van der Waals surface area contributed by atoms with Gasteiger partial charge in [-0.1, -0.05) is 30.0 Å². The molecule has 38 heavy (non-hydrogen) atoms. The van der Waals surface area contributed by atoms with Crippen molar-refractivity contribution >= 4 is 56.9 Å². The molecule has 192 valence electrons. The van der Waals surface area contributed by atoms with Crippen LogP contribution in [0.15, 0.2) is 80.6 Å². The summed E-state index contributed by atoms with van der Waals surface area (Å²) in [6.07, 6.45) is 1.46. The second-order valence-corrected chi connectivity index (χ2v) is 10.2. The topological polar surface area (TPSA) is 113 Å². The zero-order valence-corrected chi connectivity index (χ0v) is 22.0. The van der Waals surface area contributed by atoms with Gasteiger partial charge in [-0.15, -0.1) is 11.3 Å². The fraction of sp³-hybridized carbons (Fsp3) is 0.148. The van der Waals surface area contributed by atoms with Gasteiger partial charge in [0.1, 0.15) is 0 Å². The van der Waals surface area contributed by atoms with E-state index in [9.17, 15) is 14.9 Å². The minimum absolute atomic E-state index is 0.0349. The maximum atomic E-state index is 12.5. The summed E-state index contributed by atoms with van der Waals surface area (Å²) >= 11 is 2.70. The predicted molar refractivity (Wildman–Crippen MR) is 146 cm³/mol. The lowest BCUT2D eigenvalue weighted by atomic mass is 10.1. The highest BCUT2D eigenvalue weighted by molar-refractivity contribution is 8.01. The highest BCUT2D eigenvalue weighted by Crippen LogP contribution is 2.39. The molecule has 1 aliphatic rings. The van der Waals surface area contributed by atoms with Crippen molar-refractivity contribution in [2.24, 2.45) is 4.99 Å². The lowest BCUT2D eigenvalue weighted by molar-refractivity contribution is -0.387. The van der Waals surface area contributed by atoms with E-state index in [1.807, 2.05) is 38.1 Å². The van der Waals surface area contributed by atoms with E-state index < -0.39 is 10.9 Å². The molecule has 11 heteroatoms. The number of ether oxygens (including phenoxy) is 3. The van der Waals surface area contributed by atoms with Crippen LogP contribution in [-0.2, 0) is 9.53 Å². The fourth-order valence-electron chi connectivity index (χ4n) is 3.72. The van der Waals surface area contributed by atoms with Gasteiger partial charge in [-0.25, -0.2) is 14.8 Å². The third-order valence-electron chi connectivity index (χ3n) is 5.37. The SMILES string of the molecule is CCOc1ccc(C2=NC(=Cc3ccc(Sc4nc5ccccc5s4)c([N+](=O)[O-])c3)C(=O)O2)cc1OCC. The molecule has 0 atom stereocenters. The van der Waals surface area contributed by atoms with Crippen LogP contribution in [0.4, 0.5) is 5.69 Å². The van der Waals surface area contributed by atoms with Crippen molar-refractivity contribution in [1.29, 1.82) is 0 Å². The van der Waals surface area contributed by atoms with Crippen molar-refractivity contribution in [3.8, 4) is 11.5 Å². The van der Waals surface area contributed by atoms with E-state index in [0.717, 1.165) is 10.2 Å². The van der Waals surface area contributed by atoms with Crippen molar-refractivity contribution in [1.82, 2.24) is 4.98 Å². The second kappa shape index (κ2) is 11.0. The lowest BCUT2D eigenvalue weighted by Gasteiger charge is -2.11. The first-order chi connectivity index (χ1) is 18.4. The Morgan fingerprint density at radius 1 is 1.05 bits per heavy atom. The molecule has 0 aliphatic carbocycles. The molecule has 0 radical (unpaired) electrons. The molecule has 0 unspecified atom stereocenters. The number of carbonyl (C=O) groups is 1. The minimum Gasteiger partial charge on any atom is -0.490 e. The summed E-state index contributed by atoms with van der Waals surface area (Å²) < 4.78 is 18.3. The average Bonchev–Trinajstić information content (AvgIpc) is 3.48. The van der Waals surface area contributed by atoms with Crippen molar-refractivity contribution in [2.75, 3.05) is 13.2 Å². The first kappa shape index (κ1) is 25.4. The number of thiazole rings is 1. The number of hydrogen-bond donors (Lipinski definition) is 0. The largest absolute Gasteiger partial charge is 0.490 e. The molecule has 3 aromatic carbocycles. The third kappa shape index (κ3) is 5.38. The Morgan fingerprint density at radius 2 is 1.84 bits per heavy atom. The van der Waals surface area contributed by atoms with Gasteiger partial charge in [0.15, 0.2) is 21.5 Å². The molecular weight excluding hydrogens is 526 g/mol. The first-order valence-corrected chi connectivity index (χ1v) is 13.3. The van der Waals surface area contributed by atoms with Gasteiger partial charge in [0, 0.05) is 11.6 Å². The van der Waals surface area contributed by atoms with Crippen LogP contribution in [0.5, 0.6) is 11.5 Å². The highest BCUT2D eigenvalue weighted by Gasteiger charge is 2.26. The fourth-order valence-corrected chi connectivity index (χ4v) is 5.83. The number of aliphatic imine (C=N–C) groups is 1. The maximum absolute atomic E-state index is 12.5. The molecule has 0 saturated carbocycles. The normalized spacial score (nSPS) is 14.0. The van der Waals surface area contributed by atoms with E-state index in [1.54, 1.807) is 30.3 Å². The van der Waals surface area contributed by atoms with Gasteiger partial charge in [0.2, 0.25) is 5.90 Å². The number of rotatable bonds is 9. The standard InChI is InChI=1S/C27H21N3O6S2/c1-3-34-21-11-10-17(15-22(21)35-4-2)25-28-19(26(31)36-25)13-16-9-12-24(20(14-16)30(32)33)38-27-29-18-7-5-6-8-23(18)37-27/h5-15H,3-4H2,1-2H3. The number of hydrogen-bond acceptors (Lipinski definition) is 10. The molecule has 5 rings (SSSR count). The van der Waals surface area contributed by atoms with Crippen LogP contribution in [-0.4, -0.2) is 35.0 Å². The van der Waals surface area contributed by atoms with Crippen LogP contribution in [0.25, 0.3) is 16.3 Å². The molecule has 0 bridgehead atoms. The summed E-state index contributed by atoms with van der Waals surface area (Å²) in [6.45, 7) is 4.65. The number of esters is 1. The summed E-state index contributed by atoms with van der Waals surface area (Å²) in [6, 6.07) is 17.6. The molecular formula is C27H21N3O6S2. The maximum Gasteiger partial charge on any atom is 0.363 e. The molecule has 4 aromatic rings. The number of nitro benzene ring substituents is 1. The van der Waals surface area contributed by atoms with E-state index in [-0.39, 0.29) is 17.3 Å². The van der Waals surface area contributed by atoms with E-state index in [4.69, 9.17) is 14.2 Å². The number of nitro groups is 1. The van der Waals surface area contributed by atoms with Crippen LogP contribution in [0.1, 0.15) is 25.0 Å². The van der Waals surface area contributed by atoms with Gasteiger partial charge in [-0.2, -0.15) is 0 Å². The lowest BCUT2D eigenvalue weighted by Crippen LogP contribution is -2.06. The van der Waals surface area contributed by atoms with Gasteiger partial charge in [-0.3, -0.25) is 10.1 Å². The Balaban J connectivity index is 1.42. The molecule has 0 N–H and O–H groups in total. The monoisotopic (exact) mass is 547 g/mol. The van der Waals surface area contributed by atoms with E-state index in [2.05, 4.69) is 9.98 Å². The van der Waals surface area contributed by atoms with Crippen molar-refractivity contribution in [3.63, 3.8) is 0 Å². The molecule has 1 aromatic heterocycles. The van der Waals surface area contributed by atoms with Gasteiger partial charge in [0.05, 0.1) is 33.2 Å². The van der Waals surface area contributed by atoms with Crippen LogP contribution in [0.2, 0.25) is 0 Å². The predicted octanol–water partition coefficient (Wildman–Crippen LogP) is 6.50. The zero-order valence-electron chi connectivity index (χ0n) is 20.4. The van der Waals surface area contributed by atoms with Crippen LogP contribution >= 0.6 is 23.1 Å². The van der Waals surface area contributed by atoms with Crippen molar-refractivity contribution in [3.05, 3.63) is 87.6 Å². The summed E-state index contributed by atoms with van der Waals surface area (Å²) in [4.78, 5) is 33.3. The quantitative estimate of drug-likeness (QED) is 0.101. The van der Waals surface area contributed by atoms with E-state index in [0.29, 0.717) is 45.1 Å². The summed E-state index contributed by atoms with van der Waals surface area (Å²) in [5.74, 6) is 0.556. The Labute approximate surface area is 225 Å². The Morgan fingerprint density at radius 3 is 2.61 bits per heavy atom. The van der Waals surface area contributed by atoms with Gasteiger partial charge < -0.3 is 14.2 Å². The van der Waals surface area contributed by atoms with Crippen LogP contribution < -0.4 is 9.47 Å². The number of cyclic esters (lactones) is 1. The average molecular weight is 548 g/mol. The van der Waals surface area contributed by atoms with Crippen LogP contribution in [0, 0.1) is 10.1 Å². The third-order valence-corrected chi connectivity index (χ3v) is 7.53. The Bertz CT molecular complexity index is 1580. The van der Waals surface area contributed by atoms with Gasteiger partial charge in [0.25, 0.3) is 5.69 Å². The molecule has 1 aliphatic heterocycles. The molecule has 0 spiro atoms. The molecule has 0 fully saturated rings. The second-order valence-electron chi connectivity index (χ2n) is 7.90. The zero-order chi connectivity index (χ0) is 26.6. The Hall–Kier alpha value is -4.22. The molecule has 0 saturated heterocycles. The minimum atomic E-state index is -0.651. The molecule has 2 heterocycles. The van der Waals surface area contributed by atoms with E-state index in [1.165, 1.54) is 35.2 Å². The smallest absolute Gasteiger partial charge is 0.363 e. The Kier molecular flexibility index (Phi) is 7.38. The first-order valence-electron chi connectivity index (χ1n) is 11.7. The van der Waals surface area contributed by atoms with E-state index >= 15 is 0 Å². The van der Waals surface area contributed by atoms with Gasteiger partial charge >= 0.3 is 5.97 Å². The number of aromatic nitrogens is 1. The summed E-state index contributed by atoms with van der Waals surface area (Å²) in [7, 11) is 0. The number of nitrogens with zero attached hydrogens (tertiary/aromatic N) is 3. The number of para-hydroxylation sites is 1. The number of carbonyl (C=O) groups excluding carboxylic acids is 1. The number of fused-ring (bicyclic) bond motifs is 1. The highest BCUT2D eigenvalue weighted by atomic mass is 32.2.